The quantitative estimate of drug-likeness (QED) is 0.530. The Morgan fingerprint density at radius 2 is 1.89 bits per heavy atom. The number of nitrogens with zero attached hydrogens (tertiary/aromatic N) is 3. The molecular formula is C20H22BrN3OS2. The van der Waals surface area contributed by atoms with Gasteiger partial charge in [0.1, 0.15) is 16.5 Å². The Hall–Kier alpha value is -1.15. The van der Waals surface area contributed by atoms with Gasteiger partial charge in [-0.2, -0.15) is 0 Å². The van der Waals surface area contributed by atoms with Crippen molar-refractivity contribution >= 4 is 55.1 Å². The molecule has 0 bridgehead atoms. The lowest BCUT2D eigenvalue weighted by Gasteiger charge is -2.31. The second-order valence-electron chi connectivity index (χ2n) is 6.89. The number of thiophene rings is 1. The number of rotatable bonds is 4. The molecule has 0 unspecified atom stereocenters. The summed E-state index contributed by atoms with van der Waals surface area (Å²) >= 11 is 6.99. The van der Waals surface area contributed by atoms with Crippen molar-refractivity contribution in [1.29, 1.82) is 0 Å². The monoisotopic (exact) mass is 463 g/mol. The van der Waals surface area contributed by atoms with E-state index < -0.39 is 0 Å². The predicted molar refractivity (Wildman–Crippen MR) is 118 cm³/mol. The molecule has 142 valence electrons. The summed E-state index contributed by atoms with van der Waals surface area (Å²) in [5, 5.41) is 11.1. The third kappa shape index (κ3) is 4.16. The van der Waals surface area contributed by atoms with Crippen molar-refractivity contribution in [3.8, 4) is 0 Å². The second-order valence-corrected chi connectivity index (χ2v) is 10.1. The summed E-state index contributed by atoms with van der Waals surface area (Å²) < 4.78 is 1.09. The minimum atomic E-state index is -0.184. The van der Waals surface area contributed by atoms with Crippen LogP contribution in [-0.4, -0.2) is 34.3 Å². The SMILES string of the molecule is Cc1sc2nc(CSc3ccc(Br)cc3)nc(N3CCC(O)CC3)c2c1C. The zero-order chi connectivity index (χ0) is 19.0. The number of hydrogen-bond donors (Lipinski definition) is 1. The number of halogens is 1. The van der Waals surface area contributed by atoms with Crippen LogP contribution in [0.4, 0.5) is 5.82 Å². The van der Waals surface area contributed by atoms with Gasteiger partial charge < -0.3 is 10.0 Å². The maximum Gasteiger partial charge on any atom is 0.142 e. The number of piperidine rings is 1. The highest BCUT2D eigenvalue weighted by molar-refractivity contribution is 9.10. The highest BCUT2D eigenvalue weighted by Gasteiger charge is 2.23. The van der Waals surface area contributed by atoms with Crippen LogP contribution < -0.4 is 4.90 Å². The number of fused-ring (bicyclic) bond motifs is 1. The highest BCUT2D eigenvalue weighted by Crippen LogP contribution is 2.36. The van der Waals surface area contributed by atoms with Crippen molar-refractivity contribution in [3.63, 3.8) is 0 Å². The van der Waals surface area contributed by atoms with Gasteiger partial charge in [-0.25, -0.2) is 9.97 Å². The van der Waals surface area contributed by atoms with Gasteiger partial charge in [-0.15, -0.1) is 23.1 Å². The molecule has 0 spiro atoms. The first-order chi connectivity index (χ1) is 13.0. The Labute approximate surface area is 176 Å². The molecule has 1 aromatic carbocycles. The third-order valence-corrected chi connectivity index (χ3v) is 7.64. The first kappa shape index (κ1) is 19.2. The fourth-order valence-corrected chi connectivity index (χ4v) is 5.38. The second kappa shape index (κ2) is 8.07. The lowest BCUT2D eigenvalue weighted by Crippen LogP contribution is -2.36. The molecule has 7 heteroatoms. The summed E-state index contributed by atoms with van der Waals surface area (Å²) in [5.74, 6) is 2.66. The van der Waals surface area contributed by atoms with E-state index in [4.69, 9.17) is 9.97 Å². The maximum atomic E-state index is 9.87. The van der Waals surface area contributed by atoms with Crippen LogP contribution in [0.25, 0.3) is 10.2 Å². The minimum absolute atomic E-state index is 0.184. The molecule has 1 aliphatic heterocycles. The van der Waals surface area contributed by atoms with Crippen LogP contribution in [0.15, 0.2) is 33.6 Å². The number of aliphatic hydroxyl groups excluding tert-OH is 1. The van der Waals surface area contributed by atoms with Crippen molar-refractivity contribution in [2.75, 3.05) is 18.0 Å². The highest BCUT2D eigenvalue weighted by atomic mass is 79.9. The standard InChI is InChI=1S/C20H22BrN3OS2/c1-12-13(2)27-20-18(12)19(24-9-7-15(25)8-10-24)22-17(23-20)11-26-16-5-3-14(21)4-6-16/h3-6,15,25H,7-11H2,1-2H3. The Kier molecular flexibility index (Phi) is 5.73. The Morgan fingerprint density at radius 3 is 2.59 bits per heavy atom. The van der Waals surface area contributed by atoms with Crippen LogP contribution in [0.1, 0.15) is 29.1 Å². The van der Waals surface area contributed by atoms with E-state index in [-0.39, 0.29) is 6.10 Å². The van der Waals surface area contributed by atoms with E-state index in [1.54, 1.807) is 23.1 Å². The first-order valence-corrected chi connectivity index (χ1v) is 11.7. The van der Waals surface area contributed by atoms with Gasteiger partial charge in [-0.05, 0) is 56.5 Å². The molecule has 0 atom stereocenters. The minimum Gasteiger partial charge on any atom is -0.393 e. The van der Waals surface area contributed by atoms with E-state index in [9.17, 15) is 5.11 Å². The van der Waals surface area contributed by atoms with Crippen LogP contribution in [-0.2, 0) is 5.75 Å². The van der Waals surface area contributed by atoms with Gasteiger partial charge in [0, 0.05) is 27.3 Å². The molecule has 1 saturated heterocycles. The topological polar surface area (TPSA) is 49.2 Å². The van der Waals surface area contributed by atoms with E-state index in [1.165, 1.54) is 20.7 Å². The zero-order valence-corrected chi connectivity index (χ0v) is 18.6. The Bertz CT molecular complexity index is 950. The number of aromatic nitrogens is 2. The van der Waals surface area contributed by atoms with Gasteiger partial charge in [0.25, 0.3) is 0 Å². The molecular weight excluding hydrogens is 442 g/mol. The summed E-state index contributed by atoms with van der Waals surface area (Å²) in [6.07, 6.45) is 1.42. The first-order valence-electron chi connectivity index (χ1n) is 9.09. The molecule has 0 radical (unpaired) electrons. The summed E-state index contributed by atoms with van der Waals surface area (Å²) in [6, 6.07) is 8.34. The molecule has 0 aliphatic carbocycles. The molecule has 2 aromatic heterocycles. The Morgan fingerprint density at radius 1 is 1.19 bits per heavy atom. The van der Waals surface area contributed by atoms with Crippen LogP contribution >= 0.6 is 39.0 Å². The van der Waals surface area contributed by atoms with E-state index >= 15 is 0 Å². The smallest absolute Gasteiger partial charge is 0.142 e. The summed E-state index contributed by atoms with van der Waals surface area (Å²) in [7, 11) is 0. The molecule has 0 saturated carbocycles. The van der Waals surface area contributed by atoms with E-state index in [0.717, 1.165) is 52.6 Å². The van der Waals surface area contributed by atoms with Gasteiger partial charge in [0.05, 0.1) is 17.2 Å². The van der Waals surface area contributed by atoms with Crippen LogP contribution in [0.3, 0.4) is 0 Å². The molecule has 0 amide bonds. The summed E-state index contributed by atoms with van der Waals surface area (Å²) in [5.41, 5.74) is 1.28. The molecule has 1 N–H and O–H groups in total. The average molecular weight is 464 g/mol. The van der Waals surface area contributed by atoms with Crippen molar-refractivity contribution in [2.24, 2.45) is 0 Å². The third-order valence-electron chi connectivity index (χ3n) is 5.00. The summed E-state index contributed by atoms with van der Waals surface area (Å²) in [4.78, 5) is 15.7. The van der Waals surface area contributed by atoms with E-state index in [1.807, 2.05) is 0 Å². The van der Waals surface area contributed by atoms with Crippen LogP contribution in [0.2, 0.25) is 0 Å². The zero-order valence-electron chi connectivity index (χ0n) is 15.4. The van der Waals surface area contributed by atoms with Crippen molar-refractivity contribution < 1.29 is 5.11 Å². The number of benzene rings is 1. The van der Waals surface area contributed by atoms with Gasteiger partial charge in [-0.3, -0.25) is 0 Å². The summed E-state index contributed by atoms with van der Waals surface area (Å²) in [6.45, 7) is 6.01. The van der Waals surface area contributed by atoms with Crippen molar-refractivity contribution in [2.45, 2.75) is 43.4 Å². The number of thioether (sulfide) groups is 1. The normalized spacial score (nSPS) is 15.6. The lowest BCUT2D eigenvalue weighted by atomic mass is 10.1. The number of anilines is 1. The molecule has 4 rings (SSSR count). The van der Waals surface area contributed by atoms with Gasteiger partial charge in [0.15, 0.2) is 0 Å². The van der Waals surface area contributed by atoms with Gasteiger partial charge in [0.2, 0.25) is 0 Å². The molecule has 1 aliphatic rings. The fraction of sp³-hybridized carbons (Fsp3) is 0.400. The van der Waals surface area contributed by atoms with Crippen LogP contribution in [0, 0.1) is 13.8 Å². The number of hydrogen-bond acceptors (Lipinski definition) is 6. The lowest BCUT2D eigenvalue weighted by molar-refractivity contribution is 0.145. The maximum absolute atomic E-state index is 9.87. The largest absolute Gasteiger partial charge is 0.393 e. The van der Waals surface area contributed by atoms with Crippen molar-refractivity contribution in [3.05, 3.63) is 45.0 Å². The fourth-order valence-electron chi connectivity index (χ4n) is 3.32. The predicted octanol–water partition coefficient (Wildman–Crippen LogP) is 5.32. The number of aliphatic hydroxyl groups is 1. The average Bonchev–Trinajstić information content (AvgIpc) is 2.95. The Balaban J connectivity index is 1.66. The molecule has 3 aromatic rings. The molecule has 3 heterocycles. The van der Waals surface area contributed by atoms with E-state index in [0.29, 0.717) is 0 Å². The van der Waals surface area contributed by atoms with Crippen LogP contribution in [0.5, 0.6) is 0 Å². The van der Waals surface area contributed by atoms with Crippen molar-refractivity contribution in [1.82, 2.24) is 9.97 Å². The molecule has 27 heavy (non-hydrogen) atoms. The molecule has 4 nitrogen and oxygen atoms in total. The van der Waals surface area contributed by atoms with E-state index in [2.05, 4.69) is 58.9 Å². The number of aryl methyl sites for hydroxylation is 2. The molecule has 1 fully saturated rings. The van der Waals surface area contributed by atoms with Gasteiger partial charge in [-0.1, -0.05) is 15.9 Å². The van der Waals surface area contributed by atoms with Gasteiger partial charge >= 0.3 is 0 Å².